The van der Waals surface area contributed by atoms with Gasteiger partial charge in [-0.3, -0.25) is 0 Å². The van der Waals surface area contributed by atoms with Crippen molar-refractivity contribution >= 4 is 38.4 Å². The number of rotatable bonds is 2. The molecule has 0 radical (unpaired) electrons. The van der Waals surface area contributed by atoms with E-state index in [4.69, 9.17) is 11.6 Å². The average molecular weight is 363 g/mol. The van der Waals surface area contributed by atoms with Gasteiger partial charge in [-0.25, -0.2) is 4.99 Å². The van der Waals surface area contributed by atoms with Crippen molar-refractivity contribution in [3.63, 3.8) is 0 Å². The number of nitrogens with zero attached hydrogens (tertiary/aromatic N) is 1. The van der Waals surface area contributed by atoms with E-state index in [0.29, 0.717) is 11.3 Å². The third kappa shape index (κ3) is 3.84. The standard InChI is InChI=1S/C14H8BrClF3N/c15-11-5-7-12(8-6-11)20-13(16)9-1-3-10(4-2-9)14(17,18)19/h1-8H. The molecule has 0 spiro atoms. The van der Waals surface area contributed by atoms with E-state index in [0.717, 1.165) is 16.6 Å². The normalized spacial score (nSPS) is 12.6. The zero-order valence-electron chi connectivity index (χ0n) is 9.96. The molecule has 0 aromatic heterocycles. The Morgan fingerprint density at radius 3 is 2.00 bits per heavy atom. The molecule has 0 amide bonds. The van der Waals surface area contributed by atoms with E-state index in [-0.39, 0.29) is 5.17 Å². The quantitative estimate of drug-likeness (QED) is 0.600. The predicted molar refractivity (Wildman–Crippen MR) is 77.6 cm³/mol. The van der Waals surface area contributed by atoms with Gasteiger partial charge in [-0.15, -0.1) is 0 Å². The second-order valence-electron chi connectivity index (χ2n) is 3.95. The molecule has 1 nitrogen and oxygen atoms in total. The molecule has 104 valence electrons. The summed E-state index contributed by atoms with van der Waals surface area (Å²) in [6.07, 6.45) is -4.35. The van der Waals surface area contributed by atoms with Gasteiger partial charge in [0.05, 0.1) is 11.3 Å². The van der Waals surface area contributed by atoms with Crippen molar-refractivity contribution in [1.82, 2.24) is 0 Å². The first-order valence-electron chi connectivity index (χ1n) is 5.53. The maximum Gasteiger partial charge on any atom is 0.416 e. The maximum atomic E-state index is 12.4. The summed E-state index contributed by atoms with van der Waals surface area (Å²) >= 11 is 9.30. The number of halogens is 5. The molecular formula is C14H8BrClF3N. The van der Waals surface area contributed by atoms with Crippen LogP contribution in [0.2, 0.25) is 0 Å². The first-order valence-corrected chi connectivity index (χ1v) is 6.71. The van der Waals surface area contributed by atoms with Crippen LogP contribution in [0.5, 0.6) is 0 Å². The molecule has 2 rings (SSSR count). The van der Waals surface area contributed by atoms with Gasteiger partial charge in [-0.05, 0) is 36.4 Å². The Kier molecular flexibility index (Phi) is 4.50. The fourth-order valence-corrected chi connectivity index (χ4v) is 1.98. The van der Waals surface area contributed by atoms with Crippen LogP contribution in [0.1, 0.15) is 11.1 Å². The Labute approximate surface area is 127 Å². The summed E-state index contributed by atoms with van der Waals surface area (Å²) in [5.41, 5.74) is 0.343. The highest BCUT2D eigenvalue weighted by molar-refractivity contribution is 9.10. The van der Waals surface area contributed by atoms with Gasteiger partial charge in [0.1, 0.15) is 5.17 Å². The lowest BCUT2D eigenvalue weighted by molar-refractivity contribution is -0.137. The second-order valence-corrected chi connectivity index (χ2v) is 5.23. The number of alkyl halides is 3. The molecule has 0 aliphatic carbocycles. The molecular weight excluding hydrogens is 355 g/mol. The smallest absolute Gasteiger partial charge is 0.236 e. The van der Waals surface area contributed by atoms with Gasteiger partial charge in [0, 0.05) is 10.0 Å². The van der Waals surface area contributed by atoms with Gasteiger partial charge in [-0.2, -0.15) is 13.2 Å². The third-order valence-corrected chi connectivity index (χ3v) is 3.34. The van der Waals surface area contributed by atoms with Crippen LogP contribution in [0, 0.1) is 0 Å². The van der Waals surface area contributed by atoms with E-state index in [1.165, 1.54) is 12.1 Å². The monoisotopic (exact) mass is 361 g/mol. The number of benzene rings is 2. The van der Waals surface area contributed by atoms with Crippen LogP contribution in [-0.2, 0) is 6.18 Å². The largest absolute Gasteiger partial charge is 0.416 e. The van der Waals surface area contributed by atoms with Gasteiger partial charge in [0.2, 0.25) is 0 Å². The Hall–Kier alpha value is -1.33. The van der Waals surface area contributed by atoms with Crippen LogP contribution in [0.3, 0.4) is 0 Å². The van der Waals surface area contributed by atoms with E-state index < -0.39 is 11.7 Å². The Balaban J connectivity index is 2.25. The summed E-state index contributed by atoms with van der Waals surface area (Å²) < 4.78 is 38.2. The summed E-state index contributed by atoms with van der Waals surface area (Å²) in [4.78, 5) is 4.14. The summed E-state index contributed by atoms with van der Waals surface area (Å²) in [5.74, 6) is 0. The van der Waals surface area contributed by atoms with E-state index in [1.54, 1.807) is 24.3 Å². The number of hydrogen-bond acceptors (Lipinski definition) is 1. The Bertz CT molecular complexity index is 618. The zero-order chi connectivity index (χ0) is 14.8. The molecule has 0 bridgehead atoms. The predicted octanol–water partition coefficient (Wildman–Crippen LogP) is 5.79. The van der Waals surface area contributed by atoms with Crippen LogP contribution < -0.4 is 0 Å². The van der Waals surface area contributed by atoms with Crippen molar-refractivity contribution in [1.29, 1.82) is 0 Å². The van der Waals surface area contributed by atoms with Gasteiger partial charge in [0.25, 0.3) is 0 Å². The van der Waals surface area contributed by atoms with Crippen LogP contribution in [0.25, 0.3) is 0 Å². The summed E-state index contributed by atoms with van der Waals surface area (Å²) in [5, 5.41) is 0.140. The van der Waals surface area contributed by atoms with Crippen molar-refractivity contribution in [3.8, 4) is 0 Å². The molecule has 0 N–H and O–H groups in total. The minimum absolute atomic E-state index is 0.140. The molecule has 0 aliphatic heterocycles. The molecule has 0 atom stereocenters. The minimum Gasteiger partial charge on any atom is -0.236 e. The highest BCUT2D eigenvalue weighted by atomic mass is 79.9. The van der Waals surface area contributed by atoms with Crippen LogP contribution in [-0.4, -0.2) is 5.17 Å². The molecule has 6 heteroatoms. The average Bonchev–Trinajstić information content (AvgIpc) is 2.40. The Morgan fingerprint density at radius 2 is 1.50 bits per heavy atom. The van der Waals surface area contributed by atoms with E-state index in [9.17, 15) is 13.2 Å². The fourth-order valence-electron chi connectivity index (χ4n) is 1.49. The highest BCUT2D eigenvalue weighted by Gasteiger charge is 2.30. The summed E-state index contributed by atoms with van der Waals surface area (Å²) in [7, 11) is 0. The number of aliphatic imine (C=N–C) groups is 1. The van der Waals surface area contributed by atoms with Crippen molar-refractivity contribution in [2.24, 2.45) is 4.99 Å². The van der Waals surface area contributed by atoms with E-state index >= 15 is 0 Å². The van der Waals surface area contributed by atoms with Crippen molar-refractivity contribution in [2.45, 2.75) is 6.18 Å². The SMILES string of the molecule is FC(F)(F)c1ccc(C(Cl)=Nc2ccc(Br)cc2)cc1. The third-order valence-electron chi connectivity index (χ3n) is 2.50. The first-order chi connectivity index (χ1) is 9.36. The van der Waals surface area contributed by atoms with Gasteiger partial charge in [-0.1, -0.05) is 39.7 Å². The summed E-state index contributed by atoms with van der Waals surface area (Å²) in [6, 6.07) is 11.7. The van der Waals surface area contributed by atoms with Gasteiger partial charge in [0.15, 0.2) is 0 Å². The minimum atomic E-state index is -4.35. The molecule has 0 saturated heterocycles. The molecule has 0 fully saturated rings. The molecule has 2 aromatic rings. The molecule has 0 saturated carbocycles. The lowest BCUT2D eigenvalue weighted by Gasteiger charge is -2.06. The van der Waals surface area contributed by atoms with E-state index in [2.05, 4.69) is 20.9 Å². The molecule has 0 aliphatic rings. The fraction of sp³-hybridized carbons (Fsp3) is 0.0714. The molecule has 2 aromatic carbocycles. The zero-order valence-corrected chi connectivity index (χ0v) is 12.3. The van der Waals surface area contributed by atoms with Crippen LogP contribution >= 0.6 is 27.5 Å². The van der Waals surface area contributed by atoms with Crippen molar-refractivity contribution < 1.29 is 13.2 Å². The lowest BCUT2D eigenvalue weighted by atomic mass is 10.1. The summed E-state index contributed by atoms with van der Waals surface area (Å²) in [6.45, 7) is 0. The highest BCUT2D eigenvalue weighted by Crippen LogP contribution is 2.29. The molecule has 0 unspecified atom stereocenters. The first kappa shape index (κ1) is 15.1. The van der Waals surface area contributed by atoms with Gasteiger partial charge >= 0.3 is 6.18 Å². The van der Waals surface area contributed by atoms with Gasteiger partial charge < -0.3 is 0 Å². The lowest BCUT2D eigenvalue weighted by Crippen LogP contribution is -2.04. The second kappa shape index (κ2) is 5.97. The molecule has 20 heavy (non-hydrogen) atoms. The maximum absolute atomic E-state index is 12.4. The van der Waals surface area contributed by atoms with E-state index in [1.807, 2.05) is 0 Å². The Morgan fingerprint density at radius 1 is 0.950 bits per heavy atom. The van der Waals surface area contributed by atoms with Crippen LogP contribution in [0.15, 0.2) is 58.0 Å². The topological polar surface area (TPSA) is 12.4 Å². The van der Waals surface area contributed by atoms with Crippen molar-refractivity contribution in [3.05, 3.63) is 64.1 Å². The van der Waals surface area contributed by atoms with Crippen molar-refractivity contribution in [2.75, 3.05) is 0 Å². The molecule has 0 heterocycles. The van der Waals surface area contributed by atoms with Crippen LogP contribution in [0.4, 0.5) is 18.9 Å². The number of hydrogen-bond donors (Lipinski definition) is 0.